The van der Waals surface area contributed by atoms with E-state index in [1.807, 2.05) is 4.90 Å². The van der Waals surface area contributed by atoms with Crippen molar-refractivity contribution in [3.63, 3.8) is 0 Å². The second-order valence-electron chi connectivity index (χ2n) is 5.53. The Hall–Kier alpha value is -1.63. The molecule has 0 amide bonds. The number of anilines is 1. The SMILES string of the molecule is Oc1c(Br)oc(N2CCCCC2)c1-c1cccc(C(F)(F)F)c1. The minimum Gasteiger partial charge on any atom is -0.503 e. The van der Waals surface area contributed by atoms with Crippen LogP contribution in [-0.4, -0.2) is 18.2 Å². The highest BCUT2D eigenvalue weighted by Crippen LogP contribution is 2.47. The Labute approximate surface area is 139 Å². The maximum Gasteiger partial charge on any atom is 0.416 e. The van der Waals surface area contributed by atoms with Crippen molar-refractivity contribution in [1.29, 1.82) is 0 Å². The van der Waals surface area contributed by atoms with Gasteiger partial charge in [0.2, 0.25) is 10.6 Å². The van der Waals surface area contributed by atoms with E-state index in [1.54, 1.807) is 6.07 Å². The van der Waals surface area contributed by atoms with Crippen molar-refractivity contribution >= 4 is 21.8 Å². The molecule has 1 fully saturated rings. The van der Waals surface area contributed by atoms with E-state index in [-0.39, 0.29) is 16.0 Å². The van der Waals surface area contributed by atoms with E-state index >= 15 is 0 Å². The highest BCUT2D eigenvalue weighted by Gasteiger charge is 2.32. The molecule has 0 radical (unpaired) electrons. The smallest absolute Gasteiger partial charge is 0.416 e. The molecule has 124 valence electrons. The van der Waals surface area contributed by atoms with Gasteiger partial charge in [-0.2, -0.15) is 13.2 Å². The molecule has 0 bridgehead atoms. The van der Waals surface area contributed by atoms with Gasteiger partial charge in [-0.1, -0.05) is 12.1 Å². The van der Waals surface area contributed by atoms with Gasteiger partial charge in [0.15, 0.2) is 5.75 Å². The predicted octanol–water partition coefficient (Wildman–Crippen LogP) is 5.42. The van der Waals surface area contributed by atoms with Crippen molar-refractivity contribution < 1.29 is 22.7 Å². The number of benzene rings is 1. The molecule has 1 saturated heterocycles. The first-order chi connectivity index (χ1) is 10.9. The van der Waals surface area contributed by atoms with E-state index in [0.29, 0.717) is 11.4 Å². The van der Waals surface area contributed by atoms with Crippen molar-refractivity contribution in [2.24, 2.45) is 0 Å². The summed E-state index contributed by atoms with van der Waals surface area (Å²) in [5.74, 6) is 0.235. The molecule has 1 aromatic heterocycles. The Morgan fingerprint density at radius 1 is 1.13 bits per heavy atom. The molecule has 0 atom stereocenters. The third-order valence-electron chi connectivity index (χ3n) is 3.94. The number of piperidine rings is 1. The number of rotatable bonds is 2. The number of hydrogen-bond donors (Lipinski definition) is 1. The molecule has 3 nitrogen and oxygen atoms in total. The third kappa shape index (κ3) is 3.20. The van der Waals surface area contributed by atoms with E-state index in [1.165, 1.54) is 6.07 Å². The molecule has 2 heterocycles. The van der Waals surface area contributed by atoms with Crippen LogP contribution in [0.4, 0.5) is 19.1 Å². The number of nitrogens with zero attached hydrogens (tertiary/aromatic N) is 1. The molecule has 1 aliphatic rings. The fraction of sp³-hybridized carbons (Fsp3) is 0.375. The van der Waals surface area contributed by atoms with Crippen molar-refractivity contribution in [2.75, 3.05) is 18.0 Å². The lowest BCUT2D eigenvalue weighted by atomic mass is 10.0. The first kappa shape index (κ1) is 16.2. The summed E-state index contributed by atoms with van der Waals surface area (Å²) in [5.41, 5.74) is -0.173. The van der Waals surface area contributed by atoms with Crippen molar-refractivity contribution in [3.8, 4) is 16.9 Å². The average molecular weight is 390 g/mol. The molecule has 0 spiro atoms. The monoisotopic (exact) mass is 389 g/mol. The molecule has 1 N–H and O–H groups in total. The molecule has 7 heteroatoms. The number of furan rings is 1. The summed E-state index contributed by atoms with van der Waals surface area (Å²) < 4.78 is 44.5. The number of halogens is 4. The Morgan fingerprint density at radius 2 is 1.83 bits per heavy atom. The van der Waals surface area contributed by atoms with Crippen LogP contribution in [0.2, 0.25) is 0 Å². The van der Waals surface area contributed by atoms with Crippen molar-refractivity contribution in [1.82, 2.24) is 0 Å². The Morgan fingerprint density at radius 3 is 2.48 bits per heavy atom. The minimum absolute atomic E-state index is 0.130. The van der Waals surface area contributed by atoms with Crippen molar-refractivity contribution in [3.05, 3.63) is 34.5 Å². The summed E-state index contributed by atoms with van der Waals surface area (Å²) in [4.78, 5) is 1.96. The lowest BCUT2D eigenvalue weighted by molar-refractivity contribution is -0.137. The van der Waals surface area contributed by atoms with Gasteiger partial charge < -0.3 is 14.4 Å². The molecule has 23 heavy (non-hydrogen) atoms. The molecule has 2 aromatic rings. The lowest BCUT2D eigenvalue weighted by Gasteiger charge is -2.27. The fourth-order valence-corrected chi connectivity index (χ4v) is 3.17. The van der Waals surface area contributed by atoms with Gasteiger partial charge in [0.05, 0.1) is 11.1 Å². The van der Waals surface area contributed by atoms with Gasteiger partial charge in [0, 0.05) is 13.1 Å². The zero-order valence-corrected chi connectivity index (χ0v) is 13.7. The van der Waals surface area contributed by atoms with Crippen LogP contribution in [-0.2, 0) is 6.18 Å². The van der Waals surface area contributed by atoms with Gasteiger partial charge in [0.1, 0.15) is 0 Å². The third-order valence-corrected chi connectivity index (χ3v) is 4.48. The Kier molecular flexibility index (Phi) is 4.31. The lowest BCUT2D eigenvalue weighted by Crippen LogP contribution is -2.29. The Balaban J connectivity index is 2.09. The molecule has 0 unspecified atom stereocenters. The van der Waals surface area contributed by atoms with E-state index < -0.39 is 11.7 Å². The molecular formula is C16H15BrF3NO2. The van der Waals surface area contributed by atoms with E-state index in [2.05, 4.69) is 15.9 Å². The average Bonchev–Trinajstić information content (AvgIpc) is 2.83. The van der Waals surface area contributed by atoms with E-state index in [4.69, 9.17) is 4.42 Å². The second kappa shape index (κ2) is 6.11. The van der Waals surface area contributed by atoms with Crippen molar-refractivity contribution in [2.45, 2.75) is 25.4 Å². The summed E-state index contributed by atoms with van der Waals surface area (Å²) in [6.07, 6.45) is -1.34. The first-order valence-electron chi connectivity index (χ1n) is 7.32. The summed E-state index contributed by atoms with van der Waals surface area (Å²) in [7, 11) is 0. The Bertz CT molecular complexity index is 706. The van der Waals surface area contributed by atoms with Crippen LogP contribution in [0.25, 0.3) is 11.1 Å². The van der Waals surface area contributed by atoms with Crippen LogP contribution in [0.15, 0.2) is 33.4 Å². The van der Waals surface area contributed by atoms with Crippen LogP contribution in [0.3, 0.4) is 0 Å². The zero-order valence-electron chi connectivity index (χ0n) is 12.2. The summed E-state index contributed by atoms with van der Waals surface area (Å²) >= 11 is 3.12. The number of hydrogen-bond acceptors (Lipinski definition) is 3. The maximum absolute atomic E-state index is 12.9. The fourth-order valence-electron chi connectivity index (χ4n) is 2.81. The number of alkyl halides is 3. The standard InChI is InChI=1S/C16H15BrF3NO2/c17-14-13(22)12(15(23-14)21-7-2-1-3-8-21)10-5-4-6-11(9-10)16(18,19)20/h4-6,9,22H,1-3,7-8H2. The summed E-state index contributed by atoms with van der Waals surface area (Å²) in [6.45, 7) is 1.51. The largest absolute Gasteiger partial charge is 0.503 e. The van der Waals surface area contributed by atoms with Crippen LogP contribution >= 0.6 is 15.9 Å². The minimum atomic E-state index is -4.43. The molecule has 1 aliphatic heterocycles. The van der Waals surface area contributed by atoms with Crippen LogP contribution in [0.5, 0.6) is 5.75 Å². The van der Waals surface area contributed by atoms with Crippen LogP contribution in [0, 0.1) is 0 Å². The molecule has 0 saturated carbocycles. The van der Waals surface area contributed by atoms with Gasteiger partial charge in [0.25, 0.3) is 0 Å². The topological polar surface area (TPSA) is 36.6 Å². The predicted molar refractivity (Wildman–Crippen MR) is 84.6 cm³/mol. The van der Waals surface area contributed by atoms with Gasteiger partial charge in [-0.25, -0.2) is 0 Å². The zero-order chi connectivity index (χ0) is 16.6. The highest BCUT2D eigenvalue weighted by molar-refractivity contribution is 9.10. The summed E-state index contributed by atoms with van der Waals surface area (Å²) in [6, 6.07) is 4.92. The highest BCUT2D eigenvalue weighted by atomic mass is 79.9. The molecule has 1 aromatic carbocycles. The summed E-state index contributed by atoms with van der Waals surface area (Å²) in [5, 5.41) is 10.2. The van der Waals surface area contributed by atoms with Gasteiger partial charge in [-0.3, -0.25) is 0 Å². The van der Waals surface area contributed by atoms with Gasteiger partial charge >= 0.3 is 6.18 Å². The first-order valence-corrected chi connectivity index (χ1v) is 8.11. The van der Waals surface area contributed by atoms with Crippen LogP contribution in [0.1, 0.15) is 24.8 Å². The van der Waals surface area contributed by atoms with E-state index in [0.717, 1.165) is 44.5 Å². The van der Waals surface area contributed by atoms with E-state index in [9.17, 15) is 18.3 Å². The number of aromatic hydroxyl groups is 1. The maximum atomic E-state index is 12.9. The normalized spacial score (nSPS) is 15.9. The molecule has 3 rings (SSSR count). The van der Waals surface area contributed by atoms with Crippen LogP contribution < -0.4 is 4.90 Å². The molecule has 0 aliphatic carbocycles. The van der Waals surface area contributed by atoms with Gasteiger partial charge in [-0.05, 0) is 52.9 Å². The molecular weight excluding hydrogens is 375 g/mol. The van der Waals surface area contributed by atoms with Gasteiger partial charge in [-0.15, -0.1) is 0 Å². The second-order valence-corrected chi connectivity index (χ2v) is 6.25. The quantitative estimate of drug-likeness (QED) is 0.744.